The number of anilines is 1. The summed E-state index contributed by atoms with van der Waals surface area (Å²) in [6.07, 6.45) is 0.586. The summed E-state index contributed by atoms with van der Waals surface area (Å²) in [5.41, 5.74) is 1.19. The van der Waals surface area contributed by atoms with E-state index in [0.717, 1.165) is 26.2 Å². The molecule has 1 atom stereocenters. The predicted molar refractivity (Wildman–Crippen MR) is 89.6 cm³/mol. The smallest absolute Gasteiger partial charge is 0.274 e. The maximum atomic E-state index is 12.4. The number of piperazine rings is 1. The molecule has 1 N–H and O–H groups in total. The fourth-order valence-corrected chi connectivity index (χ4v) is 2.73. The fraction of sp³-hybridized carbons (Fsp3) is 0.562. The Labute approximate surface area is 136 Å². The average molecular weight is 320 g/mol. The molecule has 126 valence electrons. The van der Waals surface area contributed by atoms with Crippen LogP contribution in [0.25, 0.3) is 0 Å². The normalized spacial score (nSPS) is 17.7. The van der Waals surface area contributed by atoms with Gasteiger partial charge in [0, 0.05) is 43.5 Å². The maximum absolute atomic E-state index is 12.4. The van der Waals surface area contributed by atoms with Crippen LogP contribution >= 0.6 is 0 Å². The average Bonchev–Trinajstić information content (AvgIpc) is 2.54. The van der Waals surface area contributed by atoms with Crippen LogP contribution in [-0.4, -0.2) is 59.9 Å². The second-order valence-corrected chi connectivity index (χ2v) is 5.96. The number of likely N-dealkylation sites (N-methyl/N-ethyl adjacent to an activating group) is 1. The van der Waals surface area contributed by atoms with Crippen molar-refractivity contribution in [3.8, 4) is 0 Å². The van der Waals surface area contributed by atoms with Gasteiger partial charge in [0.1, 0.15) is 0 Å². The third-order valence-electron chi connectivity index (χ3n) is 4.40. The third kappa shape index (κ3) is 4.27. The molecule has 2 rings (SSSR count). The zero-order valence-corrected chi connectivity index (χ0v) is 13.9. The number of amides is 1. The standard InChI is InChI=1S/C16H24N4O3/c1-4-13-5-6-14(11-15(13)20(22)23)17-16(21)12(2)19-9-7-18(3)8-10-19/h5-6,11-12H,4,7-10H2,1-3H3,(H,17,21). The highest BCUT2D eigenvalue weighted by molar-refractivity contribution is 5.94. The zero-order valence-electron chi connectivity index (χ0n) is 13.9. The minimum Gasteiger partial charge on any atom is -0.324 e. The first-order chi connectivity index (χ1) is 10.9. The molecule has 1 saturated heterocycles. The number of aryl methyl sites for hydroxylation is 1. The van der Waals surface area contributed by atoms with Gasteiger partial charge in [0.15, 0.2) is 0 Å². The van der Waals surface area contributed by atoms with Crippen molar-refractivity contribution in [3.63, 3.8) is 0 Å². The Morgan fingerprint density at radius 3 is 2.57 bits per heavy atom. The van der Waals surface area contributed by atoms with E-state index in [-0.39, 0.29) is 17.6 Å². The van der Waals surface area contributed by atoms with Gasteiger partial charge in [-0.1, -0.05) is 13.0 Å². The van der Waals surface area contributed by atoms with Crippen molar-refractivity contribution < 1.29 is 9.72 Å². The van der Waals surface area contributed by atoms with E-state index in [1.54, 1.807) is 12.1 Å². The molecule has 1 fully saturated rings. The van der Waals surface area contributed by atoms with Gasteiger partial charge in [0.05, 0.1) is 11.0 Å². The first kappa shape index (κ1) is 17.4. The Morgan fingerprint density at radius 1 is 1.35 bits per heavy atom. The van der Waals surface area contributed by atoms with Gasteiger partial charge < -0.3 is 10.2 Å². The van der Waals surface area contributed by atoms with Gasteiger partial charge in [-0.15, -0.1) is 0 Å². The monoisotopic (exact) mass is 320 g/mol. The van der Waals surface area contributed by atoms with Crippen molar-refractivity contribution in [2.45, 2.75) is 26.3 Å². The number of hydrogen-bond acceptors (Lipinski definition) is 5. The molecule has 1 heterocycles. The van der Waals surface area contributed by atoms with Crippen LogP contribution in [0.4, 0.5) is 11.4 Å². The van der Waals surface area contributed by atoms with Crippen LogP contribution < -0.4 is 5.32 Å². The first-order valence-electron chi connectivity index (χ1n) is 7.93. The molecule has 7 nitrogen and oxygen atoms in total. The Bertz CT molecular complexity index is 583. The highest BCUT2D eigenvalue weighted by Gasteiger charge is 2.25. The molecular weight excluding hydrogens is 296 g/mol. The van der Waals surface area contributed by atoms with Gasteiger partial charge in [0.2, 0.25) is 5.91 Å². The van der Waals surface area contributed by atoms with Crippen molar-refractivity contribution in [2.75, 3.05) is 38.5 Å². The zero-order chi connectivity index (χ0) is 17.0. The Kier molecular flexibility index (Phi) is 5.68. The second kappa shape index (κ2) is 7.52. The summed E-state index contributed by atoms with van der Waals surface area (Å²) in [5.74, 6) is -0.131. The summed E-state index contributed by atoms with van der Waals surface area (Å²) in [4.78, 5) is 27.5. The number of nitro groups is 1. The van der Waals surface area contributed by atoms with Gasteiger partial charge in [-0.2, -0.15) is 0 Å². The third-order valence-corrected chi connectivity index (χ3v) is 4.40. The molecule has 0 spiro atoms. The van der Waals surface area contributed by atoms with Crippen molar-refractivity contribution >= 4 is 17.3 Å². The fourth-order valence-electron chi connectivity index (χ4n) is 2.73. The SMILES string of the molecule is CCc1ccc(NC(=O)C(C)N2CCN(C)CC2)cc1[N+](=O)[O-]. The molecule has 0 aromatic heterocycles. The van der Waals surface area contributed by atoms with Crippen molar-refractivity contribution in [2.24, 2.45) is 0 Å². The van der Waals surface area contributed by atoms with Gasteiger partial charge in [-0.3, -0.25) is 19.8 Å². The van der Waals surface area contributed by atoms with Crippen LogP contribution in [0.5, 0.6) is 0 Å². The number of nitrogens with zero attached hydrogens (tertiary/aromatic N) is 3. The summed E-state index contributed by atoms with van der Waals surface area (Å²) in [7, 11) is 2.07. The maximum Gasteiger partial charge on any atom is 0.274 e. The van der Waals surface area contributed by atoms with Crippen LogP contribution in [-0.2, 0) is 11.2 Å². The minimum atomic E-state index is -0.404. The lowest BCUT2D eigenvalue weighted by Gasteiger charge is -2.35. The molecule has 1 unspecified atom stereocenters. The summed E-state index contributed by atoms with van der Waals surface area (Å²) in [6.45, 7) is 7.31. The Morgan fingerprint density at radius 2 is 2.00 bits per heavy atom. The van der Waals surface area contributed by atoms with Crippen molar-refractivity contribution in [3.05, 3.63) is 33.9 Å². The van der Waals surface area contributed by atoms with E-state index in [4.69, 9.17) is 0 Å². The van der Waals surface area contributed by atoms with Crippen LogP contribution in [0.1, 0.15) is 19.4 Å². The lowest BCUT2D eigenvalue weighted by atomic mass is 10.1. The van der Waals surface area contributed by atoms with Gasteiger partial charge in [-0.25, -0.2) is 0 Å². The van der Waals surface area contributed by atoms with E-state index in [1.807, 2.05) is 13.8 Å². The summed E-state index contributed by atoms with van der Waals surface area (Å²) in [6, 6.07) is 4.61. The lowest BCUT2D eigenvalue weighted by molar-refractivity contribution is -0.385. The van der Waals surface area contributed by atoms with Gasteiger partial charge in [-0.05, 0) is 26.5 Å². The van der Waals surface area contributed by atoms with Crippen LogP contribution in [0, 0.1) is 10.1 Å². The van der Waals surface area contributed by atoms with E-state index in [9.17, 15) is 14.9 Å². The highest BCUT2D eigenvalue weighted by Crippen LogP contribution is 2.24. The number of rotatable bonds is 5. The summed E-state index contributed by atoms with van der Waals surface area (Å²) < 4.78 is 0. The van der Waals surface area contributed by atoms with Crippen molar-refractivity contribution in [1.82, 2.24) is 9.80 Å². The first-order valence-corrected chi connectivity index (χ1v) is 7.93. The molecule has 1 aromatic rings. The van der Waals surface area contributed by atoms with E-state index in [1.165, 1.54) is 6.07 Å². The number of nitrogens with one attached hydrogen (secondary N) is 1. The minimum absolute atomic E-state index is 0.0533. The predicted octanol–water partition coefficient (Wildman–Crippen LogP) is 1.73. The number of benzene rings is 1. The lowest BCUT2D eigenvalue weighted by Crippen LogP contribution is -2.51. The van der Waals surface area contributed by atoms with E-state index in [0.29, 0.717) is 17.7 Å². The topological polar surface area (TPSA) is 78.7 Å². The van der Waals surface area contributed by atoms with Crippen molar-refractivity contribution in [1.29, 1.82) is 0 Å². The highest BCUT2D eigenvalue weighted by atomic mass is 16.6. The molecule has 1 aromatic carbocycles. The van der Waals surface area contributed by atoms with Crippen LogP contribution in [0.3, 0.4) is 0 Å². The Hall–Kier alpha value is -1.99. The van der Waals surface area contributed by atoms with E-state index in [2.05, 4.69) is 22.2 Å². The number of hydrogen-bond donors (Lipinski definition) is 1. The largest absolute Gasteiger partial charge is 0.324 e. The molecular formula is C16H24N4O3. The summed E-state index contributed by atoms with van der Waals surface area (Å²) >= 11 is 0. The quantitative estimate of drug-likeness (QED) is 0.660. The molecule has 0 radical (unpaired) electrons. The Balaban J connectivity index is 2.05. The van der Waals surface area contributed by atoms with Gasteiger partial charge >= 0.3 is 0 Å². The van der Waals surface area contributed by atoms with E-state index < -0.39 is 4.92 Å². The molecule has 0 aliphatic carbocycles. The molecule has 23 heavy (non-hydrogen) atoms. The molecule has 7 heteroatoms. The van der Waals surface area contributed by atoms with Crippen LogP contribution in [0.15, 0.2) is 18.2 Å². The summed E-state index contributed by atoms with van der Waals surface area (Å²) in [5, 5.41) is 13.9. The van der Waals surface area contributed by atoms with Gasteiger partial charge in [0.25, 0.3) is 5.69 Å². The number of carbonyl (C=O) groups excluding carboxylic acids is 1. The van der Waals surface area contributed by atoms with Crippen LogP contribution in [0.2, 0.25) is 0 Å². The molecule has 1 amide bonds. The molecule has 0 saturated carbocycles. The molecule has 1 aliphatic heterocycles. The second-order valence-electron chi connectivity index (χ2n) is 5.96. The number of nitro benzene ring substituents is 1. The molecule has 1 aliphatic rings. The van der Waals surface area contributed by atoms with E-state index >= 15 is 0 Å². The number of carbonyl (C=O) groups is 1. The molecule has 0 bridgehead atoms.